The van der Waals surface area contributed by atoms with Crippen molar-refractivity contribution in [2.24, 2.45) is 0 Å². The van der Waals surface area contributed by atoms with E-state index in [-0.39, 0.29) is 0 Å². The van der Waals surface area contributed by atoms with Gasteiger partial charge in [0.1, 0.15) is 0 Å². The molecule has 0 unspecified atom stereocenters. The molecule has 2 rings (SSSR count). The smallest absolute Gasteiger partial charge is 0.213 e. The number of hydrogen-bond donors (Lipinski definition) is 0. The van der Waals surface area contributed by atoms with Crippen molar-refractivity contribution in [1.82, 2.24) is 9.88 Å². The van der Waals surface area contributed by atoms with Crippen molar-refractivity contribution in [1.29, 1.82) is 0 Å². The standard InChI is InChI=1S/C9H12N2O/c1-11-5-7-3-9(12-2)10-4-8(7)6-11/h3-4H,5-6H2,1-2H3. The van der Waals surface area contributed by atoms with Crippen LogP contribution in [0.3, 0.4) is 0 Å². The molecule has 3 nitrogen and oxygen atoms in total. The normalized spacial score (nSPS) is 16.2. The molecular formula is C9H12N2O. The van der Waals surface area contributed by atoms with Gasteiger partial charge in [0.25, 0.3) is 0 Å². The number of rotatable bonds is 1. The minimum Gasteiger partial charge on any atom is -0.481 e. The number of hydrogen-bond acceptors (Lipinski definition) is 3. The Balaban J connectivity index is 2.35. The lowest BCUT2D eigenvalue weighted by Gasteiger charge is -2.02. The van der Waals surface area contributed by atoms with Gasteiger partial charge in [0.15, 0.2) is 0 Å². The largest absolute Gasteiger partial charge is 0.481 e. The molecule has 0 N–H and O–H groups in total. The van der Waals surface area contributed by atoms with Crippen LogP contribution in [-0.4, -0.2) is 24.0 Å². The highest BCUT2D eigenvalue weighted by molar-refractivity contribution is 5.31. The molecule has 1 aromatic heterocycles. The summed E-state index contributed by atoms with van der Waals surface area (Å²) in [5.41, 5.74) is 2.66. The zero-order chi connectivity index (χ0) is 8.55. The number of methoxy groups -OCH3 is 1. The van der Waals surface area contributed by atoms with Crippen molar-refractivity contribution in [3.63, 3.8) is 0 Å². The fourth-order valence-corrected chi connectivity index (χ4v) is 1.54. The van der Waals surface area contributed by atoms with E-state index in [0.29, 0.717) is 5.88 Å². The van der Waals surface area contributed by atoms with Crippen LogP contribution >= 0.6 is 0 Å². The molecule has 1 aliphatic heterocycles. The van der Waals surface area contributed by atoms with E-state index in [1.165, 1.54) is 11.1 Å². The Labute approximate surface area is 72.0 Å². The number of ether oxygens (including phenoxy) is 1. The van der Waals surface area contributed by atoms with E-state index >= 15 is 0 Å². The first-order chi connectivity index (χ1) is 5.79. The second-order valence-corrected chi connectivity index (χ2v) is 3.17. The fraction of sp³-hybridized carbons (Fsp3) is 0.444. The van der Waals surface area contributed by atoms with Gasteiger partial charge in [-0.2, -0.15) is 0 Å². The molecule has 64 valence electrons. The quantitative estimate of drug-likeness (QED) is 0.620. The summed E-state index contributed by atoms with van der Waals surface area (Å²) in [4.78, 5) is 6.41. The van der Waals surface area contributed by atoms with Gasteiger partial charge in [-0.25, -0.2) is 4.98 Å². The molecular weight excluding hydrogens is 152 g/mol. The van der Waals surface area contributed by atoms with Crippen LogP contribution in [0.4, 0.5) is 0 Å². The third kappa shape index (κ3) is 1.16. The Bertz CT molecular complexity index is 299. The number of aromatic nitrogens is 1. The summed E-state index contributed by atoms with van der Waals surface area (Å²) in [6.07, 6.45) is 1.90. The minimum absolute atomic E-state index is 0.712. The van der Waals surface area contributed by atoms with Crippen molar-refractivity contribution in [3.05, 3.63) is 23.4 Å². The summed E-state index contributed by atoms with van der Waals surface area (Å²) < 4.78 is 5.05. The van der Waals surface area contributed by atoms with Crippen molar-refractivity contribution >= 4 is 0 Å². The molecule has 0 amide bonds. The summed E-state index contributed by atoms with van der Waals surface area (Å²) in [5, 5.41) is 0. The monoisotopic (exact) mass is 164 g/mol. The Morgan fingerprint density at radius 1 is 1.42 bits per heavy atom. The average Bonchev–Trinajstić information content (AvgIpc) is 2.43. The molecule has 1 aliphatic rings. The van der Waals surface area contributed by atoms with E-state index in [9.17, 15) is 0 Å². The number of fused-ring (bicyclic) bond motifs is 1. The van der Waals surface area contributed by atoms with Gasteiger partial charge in [0.05, 0.1) is 7.11 Å². The Morgan fingerprint density at radius 2 is 2.17 bits per heavy atom. The molecule has 0 radical (unpaired) electrons. The van der Waals surface area contributed by atoms with Gasteiger partial charge < -0.3 is 4.74 Å². The lowest BCUT2D eigenvalue weighted by atomic mass is 10.2. The van der Waals surface area contributed by atoms with Crippen LogP contribution in [-0.2, 0) is 13.1 Å². The van der Waals surface area contributed by atoms with Crippen molar-refractivity contribution in [2.45, 2.75) is 13.1 Å². The first-order valence-corrected chi connectivity index (χ1v) is 4.00. The molecule has 1 aromatic rings. The molecule has 12 heavy (non-hydrogen) atoms. The van der Waals surface area contributed by atoms with E-state index in [0.717, 1.165) is 13.1 Å². The Hall–Kier alpha value is -1.09. The van der Waals surface area contributed by atoms with Gasteiger partial charge in [-0.05, 0) is 18.2 Å². The van der Waals surface area contributed by atoms with Gasteiger partial charge >= 0.3 is 0 Å². The third-order valence-corrected chi connectivity index (χ3v) is 2.15. The van der Waals surface area contributed by atoms with Gasteiger partial charge in [0, 0.05) is 25.4 Å². The van der Waals surface area contributed by atoms with Crippen LogP contribution in [0.1, 0.15) is 11.1 Å². The van der Waals surface area contributed by atoms with Crippen LogP contribution in [0, 0.1) is 0 Å². The molecule has 0 aliphatic carbocycles. The predicted molar refractivity (Wildman–Crippen MR) is 46.0 cm³/mol. The average molecular weight is 164 g/mol. The van der Waals surface area contributed by atoms with E-state index in [1.807, 2.05) is 12.3 Å². The third-order valence-electron chi connectivity index (χ3n) is 2.15. The Morgan fingerprint density at radius 3 is 2.92 bits per heavy atom. The number of nitrogens with zero attached hydrogens (tertiary/aromatic N) is 2. The first kappa shape index (κ1) is 7.55. The highest BCUT2D eigenvalue weighted by Gasteiger charge is 2.15. The van der Waals surface area contributed by atoms with E-state index in [1.54, 1.807) is 7.11 Å². The molecule has 3 heteroatoms. The van der Waals surface area contributed by atoms with Crippen LogP contribution in [0.25, 0.3) is 0 Å². The van der Waals surface area contributed by atoms with E-state index in [4.69, 9.17) is 4.74 Å². The van der Waals surface area contributed by atoms with E-state index in [2.05, 4.69) is 16.9 Å². The van der Waals surface area contributed by atoms with Crippen LogP contribution in [0.5, 0.6) is 5.88 Å². The van der Waals surface area contributed by atoms with E-state index < -0.39 is 0 Å². The maximum absolute atomic E-state index is 5.05. The van der Waals surface area contributed by atoms with Crippen molar-refractivity contribution < 1.29 is 4.74 Å². The zero-order valence-corrected chi connectivity index (χ0v) is 7.37. The summed E-state index contributed by atoms with van der Waals surface area (Å²) >= 11 is 0. The predicted octanol–water partition coefficient (Wildman–Crippen LogP) is 1.04. The first-order valence-electron chi connectivity index (χ1n) is 4.00. The topological polar surface area (TPSA) is 25.4 Å². The molecule has 0 saturated carbocycles. The van der Waals surface area contributed by atoms with Gasteiger partial charge in [-0.15, -0.1) is 0 Å². The summed E-state index contributed by atoms with van der Waals surface area (Å²) in [6.45, 7) is 2.01. The molecule has 0 spiro atoms. The molecule has 2 heterocycles. The summed E-state index contributed by atoms with van der Waals surface area (Å²) in [6, 6.07) is 2.01. The summed E-state index contributed by atoms with van der Waals surface area (Å²) in [5.74, 6) is 0.712. The second-order valence-electron chi connectivity index (χ2n) is 3.17. The molecule has 0 fully saturated rings. The lowest BCUT2D eigenvalue weighted by molar-refractivity contribution is 0.353. The highest BCUT2D eigenvalue weighted by atomic mass is 16.5. The van der Waals surface area contributed by atoms with Gasteiger partial charge in [0.2, 0.25) is 5.88 Å². The minimum atomic E-state index is 0.712. The molecule has 0 atom stereocenters. The molecule has 0 saturated heterocycles. The maximum Gasteiger partial charge on any atom is 0.213 e. The SMILES string of the molecule is COc1cc2c(cn1)CN(C)C2. The zero-order valence-electron chi connectivity index (χ0n) is 7.37. The van der Waals surface area contributed by atoms with Crippen LogP contribution < -0.4 is 4.74 Å². The van der Waals surface area contributed by atoms with Crippen molar-refractivity contribution in [2.75, 3.05) is 14.2 Å². The van der Waals surface area contributed by atoms with Crippen molar-refractivity contribution in [3.8, 4) is 5.88 Å². The molecule has 0 aromatic carbocycles. The fourth-order valence-electron chi connectivity index (χ4n) is 1.54. The van der Waals surface area contributed by atoms with Crippen LogP contribution in [0.2, 0.25) is 0 Å². The van der Waals surface area contributed by atoms with Gasteiger partial charge in [-0.3, -0.25) is 4.90 Å². The summed E-state index contributed by atoms with van der Waals surface area (Å²) in [7, 11) is 3.75. The number of pyridine rings is 1. The Kier molecular flexibility index (Phi) is 1.73. The molecule has 0 bridgehead atoms. The van der Waals surface area contributed by atoms with Gasteiger partial charge in [-0.1, -0.05) is 0 Å². The highest BCUT2D eigenvalue weighted by Crippen LogP contribution is 2.22. The second kappa shape index (κ2) is 2.75. The van der Waals surface area contributed by atoms with Crippen LogP contribution in [0.15, 0.2) is 12.3 Å². The maximum atomic E-state index is 5.05. The lowest BCUT2D eigenvalue weighted by Crippen LogP contribution is -2.07.